The molecular formula is C15H19MnO3. The molecule has 0 aromatic heterocycles. The van der Waals surface area contributed by atoms with Crippen molar-refractivity contribution in [2.24, 2.45) is 11.3 Å². The van der Waals surface area contributed by atoms with Gasteiger partial charge < -0.3 is 0 Å². The Morgan fingerprint density at radius 1 is 0.895 bits per heavy atom. The van der Waals surface area contributed by atoms with Gasteiger partial charge in [0, 0.05) is 17.1 Å². The second-order valence-electron chi connectivity index (χ2n) is 4.78. The van der Waals surface area contributed by atoms with Crippen LogP contribution in [0.2, 0.25) is 0 Å². The molecule has 0 bridgehead atoms. The van der Waals surface area contributed by atoms with E-state index in [9.17, 15) is 0 Å². The number of hydrogen-bond acceptors (Lipinski definition) is 0. The average molecular weight is 302 g/mol. The SMILES string of the molecule is C[C]1[CH][CH]C(C(C)(C)C)[CH][C]1C.[C-]#[O+].[C-]#[O+].[C-]#[O+].[Mn]. The van der Waals surface area contributed by atoms with Gasteiger partial charge in [-0.2, -0.15) is 0 Å². The molecule has 1 rings (SSSR count). The van der Waals surface area contributed by atoms with Crippen LogP contribution in [0.15, 0.2) is 0 Å². The van der Waals surface area contributed by atoms with Gasteiger partial charge in [0.1, 0.15) is 0 Å². The molecule has 1 unspecified atom stereocenters. The maximum absolute atomic E-state index is 7.50. The molecule has 0 heterocycles. The van der Waals surface area contributed by atoms with Gasteiger partial charge in [0.25, 0.3) is 0 Å². The first-order valence-corrected chi connectivity index (χ1v) is 5.23. The molecule has 1 saturated carbocycles. The van der Waals surface area contributed by atoms with Crippen LogP contribution in [-0.2, 0) is 31.0 Å². The predicted molar refractivity (Wildman–Crippen MR) is 65.5 cm³/mol. The first-order chi connectivity index (χ1) is 8.41. The van der Waals surface area contributed by atoms with Gasteiger partial charge in [-0.1, -0.05) is 34.6 Å². The van der Waals surface area contributed by atoms with E-state index >= 15 is 0 Å². The second-order valence-corrected chi connectivity index (χ2v) is 4.78. The molecule has 19 heavy (non-hydrogen) atoms. The largest absolute Gasteiger partial charge is 0 e. The van der Waals surface area contributed by atoms with Crippen molar-refractivity contribution in [2.75, 3.05) is 0 Å². The molecule has 1 atom stereocenters. The van der Waals surface area contributed by atoms with Gasteiger partial charge >= 0.3 is 33.9 Å². The maximum Gasteiger partial charge on any atom is 0 e. The van der Waals surface area contributed by atoms with E-state index in [0.29, 0.717) is 11.3 Å². The van der Waals surface area contributed by atoms with Crippen molar-refractivity contribution in [3.8, 4) is 0 Å². The van der Waals surface area contributed by atoms with Crippen molar-refractivity contribution >= 4 is 0 Å². The zero-order chi connectivity index (χ0) is 15.4. The summed E-state index contributed by atoms with van der Waals surface area (Å²) in [4.78, 5) is 0. The van der Waals surface area contributed by atoms with E-state index in [4.69, 9.17) is 14.0 Å². The summed E-state index contributed by atoms with van der Waals surface area (Å²) in [6.45, 7) is 24.7. The van der Waals surface area contributed by atoms with E-state index < -0.39 is 0 Å². The predicted octanol–water partition coefficient (Wildman–Crippen LogP) is 3.35. The third kappa shape index (κ3) is 12.5. The van der Waals surface area contributed by atoms with Crippen molar-refractivity contribution < 1.29 is 31.0 Å². The van der Waals surface area contributed by atoms with Crippen molar-refractivity contribution in [1.29, 1.82) is 0 Å². The molecule has 104 valence electrons. The third-order valence-corrected chi connectivity index (χ3v) is 2.61. The van der Waals surface area contributed by atoms with Crippen molar-refractivity contribution in [3.05, 3.63) is 51.0 Å². The summed E-state index contributed by atoms with van der Waals surface area (Å²) in [7, 11) is 0. The summed E-state index contributed by atoms with van der Waals surface area (Å²) < 4.78 is 22.5. The quantitative estimate of drug-likeness (QED) is 0.374. The van der Waals surface area contributed by atoms with E-state index in [1.54, 1.807) is 0 Å². The van der Waals surface area contributed by atoms with Gasteiger partial charge in [0.05, 0.1) is 0 Å². The first-order valence-electron chi connectivity index (χ1n) is 5.23. The fourth-order valence-electron chi connectivity index (χ4n) is 1.37. The summed E-state index contributed by atoms with van der Waals surface area (Å²) in [5.41, 5.74) is 0.360. The van der Waals surface area contributed by atoms with Crippen LogP contribution >= 0.6 is 0 Å². The minimum Gasteiger partial charge on any atom is 0 e. The molecule has 0 aliphatic heterocycles. The molecule has 0 aromatic rings. The van der Waals surface area contributed by atoms with E-state index in [0.717, 1.165) is 0 Å². The van der Waals surface area contributed by atoms with Gasteiger partial charge in [0.15, 0.2) is 0 Å². The summed E-state index contributed by atoms with van der Waals surface area (Å²) in [5, 5.41) is 0. The Hall–Kier alpha value is -0.261. The van der Waals surface area contributed by atoms with Crippen LogP contribution in [0.25, 0.3) is 0 Å². The van der Waals surface area contributed by atoms with Crippen LogP contribution in [0.3, 0.4) is 0 Å². The third-order valence-electron chi connectivity index (χ3n) is 2.61. The molecule has 0 aromatic carbocycles. The molecule has 0 spiro atoms. The standard InChI is InChI=1S/C12H19.3CO.Mn/c1-9-6-7-11(8-10(9)2)12(3,4)5;3*1-2;/h6-8,11H,1-5H3;;;;. The van der Waals surface area contributed by atoms with Crippen LogP contribution < -0.4 is 0 Å². The van der Waals surface area contributed by atoms with Crippen molar-refractivity contribution in [2.45, 2.75) is 34.6 Å². The van der Waals surface area contributed by atoms with Crippen LogP contribution in [0.1, 0.15) is 34.6 Å². The fourth-order valence-corrected chi connectivity index (χ4v) is 1.37. The summed E-state index contributed by atoms with van der Waals surface area (Å²) in [5.74, 6) is 3.43. The zero-order valence-corrected chi connectivity index (χ0v) is 13.1. The number of hydrogen-bond donors (Lipinski definition) is 0. The fraction of sp³-hybridized carbons (Fsp3) is 0.467. The Bertz CT molecular complexity index is 236. The Morgan fingerprint density at radius 2 is 1.26 bits per heavy atom. The van der Waals surface area contributed by atoms with E-state index in [1.165, 1.54) is 11.8 Å². The van der Waals surface area contributed by atoms with Gasteiger partial charge in [-0.25, -0.2) is 0 Å². The van der Waals surface area contributed by atoms with Gasteiger partial charge in [0.2, 0.25) is 0 Å². The summed E-state index contributed by atoms with van der Waals surface area (Å²) >= 11 is 0. The Balaban J connectivity index is -0.000000142. The summed E-state index contributed by atoms with van der Waals surface area (Å²) in [6, 6.07) is 0. The first kappa shape index (κ1) is 27.1. The van der Waals surface area contributed by atoms with Crippen molar-refractivity contribution in [3.63, 3.8) is 0 Å². The Morgan fingerprint density at radius 3 is 1.53 bits per heavy atom. The Labute approximate surface area is 128 Å². The van der Waals surface area contributed by atoms with E-state index in [-0.39, 0.29) is 17.1 Å². The van der Waals surface area contributed by atoms with Gasteiger partial charge in [-0.15, -0.1) is 0 Å². The number of rotatable bonds is 0. The molecule has 6 radical (unpaired) electrons. The molecule has 4 heteroatoms. The van der Waals surface area contributed by atoms with Crippen LogP contribution in [0.4, 0.5) is 0 Å². The van der Waals surface area contributed by atoms with Gasteiger partial charge in [-0.05, 0) is 42.4 Å². The topological polar surface area (TPSA) is 59.7 Å². The molecule has 0 saturated heterocycles. The van der Waals surface area contributed by atoms with Gasteiger partial charge in [-0.3, -0.25) is 0 Å². The minimum atomic E-state index is 0. The molecule has 1 aliphatic carbocycles. The normalized spacial score (nSPS) is 18.8. The molecule has 0 N–H and O–H groups in total. The second kappa shape index (κ2) is 15.8. The molecule has 1 fully saturated rings. The molecule has 3 nitrogen and oxygen atoms in total. The zero-order valence-electron chi connectivity index (χ0n) is 11.9. The van der Waals surface area contributed by atoms with Crippen molar-refractivity contribution in [1.82, 2.24) is 0 Å². The summed E-state index contributed by atoms with van der Waals surface area (Å²) in [6.07, 6.45) is 6.92. The molecule has 1 aliphatic rings. The van der Waals surface area contributed by atoms with Crippen LogP contribution in [0, 0.1) is 62.4 Å². The van der Waals surface area contributed by atoms with E-state index in [1.807, 2.05) is 0 Å². The molecule has 0 amide bonds. The average Bonchev–Trinajstić information content (AvgIpc) is 2.39. The minimum absolute atomic E-state index is 0. The van der Waals surface area contributed by atoms with E-state index in [2.05, 4.69) is 73.8 Å². The Kier molecular flexibility index (Phi) is 22.6. The van der Waals surface area contributed by atoms with Crippen LogP contribution in [0.5, 0.6) is 0 Å². The smallest absolute Gasteiger partial charge is 0 e. The molecular weight excluding hydrogens is 283 g/mol. The maximum atomic E-state index is 7.50. The van der Waals surface area contributed by atoms with Crippen LogP contribution in [-0.4, -0.2) is 0 Å². The monoisotopic (exact) mass is 302 g/mol.